The van der Waals surface area contributed by atoms with E-state index >= 15 is 0 Å². The molecule has 0 saturated carbocycles. The monoisotopic (exact) mass is 232 g/mol. The molecule has 0 spiro atoms. The Bertz CT molecular complexity index is 334. The highest BCUT2D eigenvalue weighted by Gasteiger charge is 2.33. The van der Waals surface area contributed by atoms with E-state index in [1.807, 2.05) is 9.98 Å². The van der Waals surface area contributed by atoms with E-state index in [2.05, 4.69) is 4.99 Å². The van der Waals surface area contributed by atoms with Crippen molar-refractivity contribution in [2.75, 3.05) is 0 Å². The molecule has 15 heavy (non-hydrogen) atoms. The molecule has 1 aliphatic rings. The van der Waals surface area contributed by atoms with Gasteiger partial charge in [-0.25, -0.2) is 4.99 Å². The summed E-state index contributed by atoms with van der Waals surface area (Å²) in [5, 5.41) is 1.79. The lowest BCUT2D eigenvalue weighted by Gasteiger charge is -2.03. The van der Waals surface area contributed by atoms with Gasteiger partial charge in [0, 0.05) is 0 Å². The molecule has 0 aromatic heterocycles. The van der Waals surface area contributed by atoms with Crippen LogP contribution in [0.5, 0.6) is 0 Å². The molecule has 0 amide bonds. The Labute approximate surface area is 78.4 Å². The van der Waals surface area contributed by atoms with Crippen LogP contribution in [0, 0.1) is 0 Å². The Morgan fingerprint density at radius 1 is 1.00 bits per heavy atom. The lowest BCUT2D eigenvalue weighted by Crippen LogP contribution is -2.26. The van der Waals surface area contributed by atoms with Gasteiger partial charge in [0.2, 0.25) is 5.84 Å². The van der Waals surface area contributed by atoms with Gasteiger partial charge in [-0.2, -0.15) is 9.98 Å². The number of hydrogen-bond acceptors (Lipinski definition) is 2. The van der Waals surface area contributed by atoms with Crippen LogP contribution < -0.4 is 5.32 Å². The van der Waals surface area contributed by atoms with Crippen LogP contribution in [-0.4, -0.2) is 30.6 Å². The summed E-state index contributed by atoms with van der Waals surface area (Å²) < 4.78 is 70.1. The number of aliphatic imine (C=N–C) groups is 3. The minimum atomic E-state index is -4.99. The van der Waals surface area contributed by atoms with Crippen molar-refractivity contribution < 1.29 is 26.3 Å². The first-order valence-electron chi connectivity index (χ1n) is 3.30. The highest BCUT2D eigenvalue weighted by Crippen LogP contribution is 2.19. The average molecular weight is 232 g/mol. The van der Waals surface area contributed by atoms with Gasteiger partial charge in [-0.05, 0) is 0 Å². The Kier molecular flexibility index (Phi) is 2.69. The second-order valence-corrected chi connectivity index (χ2v) is 2.23. The third kappa shape index (κ3) is 3.95. The smallest absolute Gasteiger partial charge is 0.328 e. The molecule has 1 heterocycles. The fourth-order valence-corrected chi connectivity index (χ4v) is 0.691. The molecule has 0 aromatic rings. The van der Waals surface area contributed by atoms with Crippen LogP contribution in [0.4, 0.5) is 26.3 Å². The molecule has 1 N–H and O–H groups in total. The van der Waals surface area contributed by atoms with Crippen molar-refractivity contribution in [3.05, 3.63) is 0 Å². The molecule has 0 aromatic carbocycles. The summed E-state index contributed by atoms with van der Waals surface area (Å²) in [5.41, 5.74) is 0. The second-order valence-electron chi connectivity index (χ2n) is 2.23. The molecule has 10 heteroatoms. The summed E-state index contributed by atoms with van der Waals surface area (Å²) in [4.78, 5) is 6.97. The van der Waals surface area contributed by atoms with Crippen LogP contribution in [-0.2, 0) is 0 Å². The van der Waals surface area contributed by atoms with Gasteiger partial charge in [0.15, 0.2) is 5.84 Å². The van der Waals surface area contributed by atoms with E-state index < -0.39 is 24.3 Å². The number of hydrogen-bond donors (Lipinski definition) is 1. The first-order chi connectivity index (χ1) is 6.67. The Hall–Kier alpha value is -1.61. The third-order valence-corrected chi connectivity index (χ3v) is 1.07. The SMILES string of the molecule is FC(F)(F)N=C1N=CNC1=NC(F)(F)F. The maximum Gasteiger partial charge on any atom is 0.505 e. The van der Waals surface area contributed by atoms with E-state index in [0.717, 1.165) is 0 Å². The number of amidine groups is 2. The van der Waals surface area contributed by atoms with Gasteiger partial charge in [-0.1, -0.05) is 0 Å². The largest absolute Gasteiger partial charge is 0.505 e. The zero-order valence-electron chi connectivity index (χ0n) is 6.69. The molecule has 0 radical (unpaired) electrons. The lowest BCUT2D eigenvalue weighted by atomic mass is 10.5. The van der Waals surface area contributed by atoms with Crippen molar-refractivity contribution in [2.45, 2.75) is 12.6 Å². The zero-order valence-corrected chi connectivity index (χ0v) is 6.69. The molecule has 0 atom stereocenters. The van der Waals surface area contributed by atoms with E-state index in [1.54, 1.807) is 5.32 Å². The molecule has 0 unspecified atom stereocenters. The summed E-state index contributed by atoms with van der Waals surface area (Å²) in [7, 11) is 0. The molecule has 0 aliphatic carbocycles. The Balaban J connectivity index is 2.96. The molecule has 0 saturated heterocycles. The zero-order chi connectivity index (χ0) is 11.7. The van der Waals surface area contributed by atoms with Crippen LogP contribution in [0.15, 0.2) is 15.0 Å². The molecule has 84 valence electrons. The predicted molar refractivity (Wildman–Crippen MR) is 38.6 cm³/mol. The van der Waals surface area contributed by atoms with Crippen molar-refractivity contribution in [1.82, 2.24) is 5.32 Å². The molecule has 4 nitrogen and oxygen atoms in total. The number of alkyl halides is 6. The van der Waals surface area contributed by atoms with Gasteiger partial charge in [-0.3, -0.25) is 0 Å². The standard InChI is InChI=1S/C5H2F6N4/c6-4(7,8)14-2-3(13-1-12-2)15-5(9,10)11/h1H,(H,12,13,14,15). The van der Waals surface area contributed by atoms with Gasteiger partial charge in [0.25, 0.3) is 0 Å². The molecule has 1 rings (SSSR count). The molecular formula is C5H2F6N4. The van der Waals surface area contributed by atoms with Crippen LogP contribution in [0.25, 0.3) is 0 Å². The maximum atomic E-state index is 11.7. The second kappa shape index (κ2) is 3.51. The maximum absolute atomic E-state index is 11.7. The van der Waals surface area contributed by atoms with Crippen molar-refractivity contribution in [2.24, 2.45) is 15.0 Å². The molecule has 1 aliphatic heterocycles. The van der Waals surface area contributed by atoms with E-state index in [9.17, 15) is 26.3 Å². The van der Waals surface area contributed by atoms with E-state index in [-0.39, 0.29) is 0 Å². The van der Waals surface area contributed by atoms with Crippen molar-refractivity contribution in [1.29, 1.82) is 0 Å². The van der Waals surface area contributed by atoms with Gasteiger partial charge in [-0.15, -0.1) is 26.3 Å². The number of nitrogens with one attached hydrogen (secondary N) is 1. The first kappa shape index (κ1) is 11.5. The fourth-order valence-electron chi connectivity index (χ4n) is 0.691. The average Bonchev–Trinajstić information content (AvgIpc) is 2.29. The summed E-state index contributed by atoms with van der Waals surface area (Å²) in [6.45, 7) is 0. The summed E-state index contributed by atoms with van der Waals surface area (Å²) in [5.74, 6) is -2.24. The Morgan fingerprint density at radius 2 is 1.53 bits per heavy atom. The quantitative estimate of drug-likeness (QED) is 0.498. The van der Waals surface area contributed by atoms with Gasteiger partial charge in [0.1, 0.15) is 0 Å². The van der Waals surface area contributed by atoms with Crippen molar-refractivity contribution in [3.63, 3.8) is 0 Å². The molecule has 0 bridgehead atoms. The number of nitrogens with zero attached hydrogens (tertiary/aromatic N) is 3. The van der Waals surface area contributed by atoms with Gasteiger partial charge >= 0.3 is 12.6 Å². The minimum Gasteiger partial charge on any atom is -0.328 e. The van der Waals surface area contributed by atoms with Crippen LogP contribution in [0.2, 0.25) is 0 Å². The summed E-state index contributed by atoms with van der Waals surface area (Å²) >= 11 is 0. The van der Waals surface area contributed by atoms with Crippen LogP contribution in [0.1, 0.15) is 0 Å². The number of rotatable bonds is 0. The topological polar surface area (TPSA) is 49.1 Å². The molecule has 0 fully saturated rings. The van der Waals surface area contributed by atoms with Crippen molar-refractivity contribution >= 4 is 18.0 Å². The van der Waals surface area contributed by atoms with E-state index in [1.165, 1.54) is 0 Å². The van der Waals surface area contributed by atoms with Gasteiger partial charge in [0.05, 0.1) is 6.34 Å². The van der Waals surface area contributed by atoms with Crippen LogP contribution >= 0.6 is 0 Å². The highest BCUT2D eigenvalue weighted by atomic mass is 19.4. The van der Waals surface area contributed by atoms with Gasteiger partial charge < -0.3 is 5.32 Å². The summed E-state index contributed by atoms with van der Waals surface area (Å²) in [6.07, 6.45) is -9.34. The predicted octanol–water partition coefficient (Wildman–Crippen LogP) is 1.45. The fraction of sp³-hybridized carbons (Fsp3) is 0.400. The lowest BCUT2D eigenvalue weighted by molar-refractivity contribution is -0.121. The normalized spacial score (nSPS) is 22.5. The highest BCUT2D eigenvalue weighted by molar-refractivity contribution is 6.46. The van der Waals surface area contributed by atoms with Crippen molar-refractivity contribution in [3.8, 4) is 0 Å². The van der Waals surface area contributed by atoms with Crippen LogP contribution in [0.3, 0.4) is 0 Å². The van der Waals surface area contributed by atoms with E-state index in [0.29, 0.717) is 6.34 Å². The minimum absolute atomic E-state index is 0.634. The third-order valence-electron chi connectivity index (χ3n) is 1.07. The van der Waals surface area contributed by atoms with E-state index in [4.69, 9.17) is 0 Å². The Morgan fingerprint density at radius 3 is 2.00 bits per heavy atom. The first-order valence-corrected chi connectivity index (χ1v) is 3.30. The molecular weight excluding hydrogens is 230 g/mol. The number of halogens is 6. The summed E-state index contributed by atoms with van der Waals surface area (Å²) in [6, 6.07) is 0.